The molecule has 0 aliphatic rings. The average Bonchev–Trinajstić information content (AvgIpc) is 2.06. The summed E-state index contributed by atoms with van der Waals surface area (Å²) in [6.45, 7) is 2.21. The average molecular weight is 406 g/mol. The summed E-state index contributed by atoms with van der Waals surface area (Å²) < 4.78 is 1.44. The van der Waals surface area contributed by atoms with Gasteiger partial charge in [0.1, 0.15) is 0 Å². The molecular formula is C9H10HgNaO2S. The number of aromatic carboxylic acids is 1. The first kappa shape index (κ1) is 17.2. The fourth-order valence-electron chi connectivity index (χ4n) is 0.643. The monoisotopic (exact) mass is 407 g/mol. The molecule has 0 aromatic heterocycles. The van der Waals surface area contributed by atoms with Crippen LogP contribution in [0.5, 0.6) is 0 Å². The van der Waals surface area contributed by atoms with Gasteiger partial charge < -0.3 is 17.7 Å². The van der Waals surface area contributed by atoms with Gasteiger partial charge in [0.05, 0.1) is 0 Å². The molecule has 0 aliphatic carbocycles. The fourth-order valence-corrected chi connectivity index (χ4v) is 0.877. The van der Waals surface area contributed by atoms with Gasteiger partial charge in [-0.2, -0.15) is 4.90 Å². The summed E-state index contributed by atoms with van der Waals surface area (Å²) in [4.78, 5) is 10.7. The van der Waals surface area contributed by atoms with Crippen LogP contribution in [-0.2, 0) is 38.8 Å². The third-order valence-electron chi connectivity index (χ3n) is 1.12. The molecule has 67 valence electrons. The van der Waals surface area contributed by atoms with Gasteiger partial charge in [-0.1, -0.05) is 18.2 Å². The second kappa shape index (κ2) is 10.4. The van der Waals surface area contributed by atoms with Crippen LogP contribution in [0.15, 0.2) is 29.2 Å². The standard InChI is InChI=1S/C7H6O2S.C2H5.Hg.Na/c8-7(9)5-3-1-2-4-6(5)10;1-2;;/h1-4,10H,(H,8,9);1H2,2H3;;/q;;;+1/p-1. The van der Waals surface area contributed by atoms with Gasteiger partial charge in [-0.3, -0.25) is 0 Å². The maximum Gasteiger partial charge on any atom is 1.00 e. The Balaban J connectivity index is 0. The van der Waals surface area contributed by atoms with Gasteiger partial charge in [0.25, 0.3) is 0 Å². The smallest absolute Gasteiger partial charge is 0.779 e. The van der Waals surface area contributed by atoms with E-state index in [0.717, 1.165) is 26.1 Å². The summed E-state index contributed by atoms with van der Waals surface area (Å²) >= 11 is 5.81. The van der Waals surface area contributed by atoms with Crippen molar-refractivity contribution in [3.05, 3.63) is 29.8 Å². The van der Waals surface area contributed by atoms with E-state index in [0.29, 0.717) is 4.90 Å². The number of carboxylic acid groups (broad SMARTS) is 1. The van der Waals surface area contributed by atoms with E-state index in [2.05, 4.69) is 6.92 Å². The van der Waals surface area contributed by atoms with E-state index in [1.54, 1.807) is 18.2 Å². The molecule has 0 radical (unpaired) electrons. The number of hydrogen-bond acceptors (Lipinski definition) is 2. The van der Waals surface area contributed by atoms with Crippen LogP contribution in [-0.4, -0.2) is 11.1 Å². The number of rotatable bonds is 1. The fraction of sp³-hybridized carbons (Fsp3) is 0.222. The number of carboxylic acids is 1. The van der Waals surface area contributed by atoms with Crippen molar-refractivity contribution in [1.82, 2.24) is 0 Å². The quantitative estimate of drug-likeness (QED) is 0.494. The van der Waals surface area contributed by atoms with Crippen LogP contribution in [0.4, 0.5) is 0 Å². The molecule has 14 heavy (non-hydrogen) atoms. The first-order valence-electron chi connectivity index (χ1n) is 3.92. The number of benzene rings is 1. The van der Waals surface area contributed by atoms with E-state index in [9.17, 15) is 4.79 Å². The van der Waals surface area contributed by atoms with Crippen LogP contribution in [0.2, 0.25) is 3.93 Å². The van der Waals surface area contributed by atoms with E-state index in [1.165, 1.54) is 10.00 Å². The van der Waals surface area contributed by atoms with E-state index in [1.807, 2.05) is 0 Å². The molecule has 0 fully saturated rings. The molecule has 0 atom stereocenters. The third-order valence-corrected chi connectivity index (χ3v) is 1.47. The molecule has 0 unspecified atom stereocenters. The molecule has 2 nitrogen and oxygen atoms in total. The molecule has 0 spiro atoms. The maximum absolute atomic E-state index is 10.4. The molecule has 0 bridgehead atoms. The topological polar surface area (TPSA) is 37.3 Å². The van der Waals surface area contributed by atoms with Gasteiger partial charge in [0, 0.05) is 5.56 Å². The number of hydrogen-bond donors (Lipinski definition) is 1. The first-order valence-corrected chi connectivity index (χ1v) is 8.21. The first-order chi connectivity index (χ1) is 6.13. The van der Waals surface area contributed by atoms with Crippen LogP contribution < -0.4 is 29.6 Å². The molecule has 0 aliphatic heterocycles. The molecule has 0 heterocycles. The largest absolute Gasteiger partial charge is 1.00 e. The van der Waals surface area contributed by atoms with Crippen molar-refractivity contribution in [1.29, 1.82) is 0 Å². The van der Waals surface area contributed by atoms with Crippen LogP contribution >= 0.6 is 0 Å². The zero-order valence-electron chi connectivity index (χ0n) is 8.49. The predicted octanol–water partition coefficient (Wildman–Crippen LogP) is -0.734. The molecule has 0 amide bonds. The third kappa shape index (κ3) is 7.18. The SMILES string of the molecule is C[CH2][Hg].O=C(O)c1ccccc1[S-].[Na+]. The molecule has 1 aromatic rings. The van der Waals surface area contributed by atoms with Crippen molar-refractivity contribution in [2.75, 3.05) is 0 Å². The maximum atomic E-state index is 10.4. The summed E-state index contributed by atoms with van der Waals surface area (Å²) in [5.74, 6) is -0.967. The Morgan fingerprint density at radius 2 is 1.93 bits per heavy atom. The molecule has 5 heteroatoms. The van der Waals surface area contributed by atoms with Crippen molar-refractivity contribution in [2.45, 2.75) is 15.7 Å². The molecule has 1 aromatic carbocycles. The minimum atomic E-state index is -0.967. The van der Waals surface area contributed by atoms with Crippen molar-refractivity contribution in [3.63, 3.8) is 0 Å². The minimum Gasteiger partial charge on any atom is -0.779 e. The second-order valence-electron chi connectivity index (χ2n) is 2.30. The molecule has 1 N–H and O–H groups in total. The Kier molecular flexibility index (Phi) is 12.8. The zero-order valence-corrected chi connectivity index (χ0v) is 16.8. The molecule has 0 saturated heterocycles. The summed E-state index contributed by atoms with van der Waals surface area (Å²) in [5, 5.41) is 8.50. The molecular weight excluding hydrogens is 396 g/mol. The Hall–Kier alpha value is 0.845. The number of carbonyl (C=O) groups is 1. The summed E-state index contributed by atoms with van der Waals surface area (Å²) in [5.41, 5.74) is 0.192. The predicted molar refractivity (Wildman–Crippen MR) is 49.5 cm³/mol. The van der Waals surface area contributed by atoms with E-state index in [4.69, 9.17) is 17.7 Å². The van der Waals surface area contributed by atoms with Gasteiger partial charge in [-0.25, -0.2) is 4.79 Å². The Morgan fingerprint density at radius 1 is 1.50 bits per heavy atom. The van der Waals surface area contributed by atoms with Crippen molar-refractivity contribution >= 4 is 18.6 Å². The zero-order chi connectivity index (χ0) is 10.3. The summed E-state index contributed by atoms with van der Waals surface area (Å²) in [6.07, 6.45) is 0. The van der Waals surface area contributed by atoms with Crippen LogP contribution in [0, 0.1) is 0 Å². The van der Waals surface area contributed by atoms with E-state index >= 15 is 0 Å². The second-order valence-corrected chi connectivity index (χ2v) is 6.63. The van der Waals surface area contributed by atoms with Gasteiger partial charge in [0.15, 0.2) is 0 Å². The van der Waals surface area contributed by atoms with Crippen molar-refractivity contribution in [3.8, 4) is 0 Å². The Morgan fingerprint density at radius 3 is 2.21 bits per heavy atom. The van der Waals surface area contributed by atoms with Gasteiger partial charge in [-0.05, 0) is 6.07 Å². The van der Waals surface area contributed by atoms with E-state index in [-0.39, 0.29) is 35.1 Å². The minimum absolute atomic E-state index is 0. The van der Waals surface area contributed by atoms with Crippen molar-refractivity contribution in [2.24, 2.45) is 0 Å². The Bertz CT molecular complexity index is 281. The van der Waals surface area contributed by atoms with Gasteiger partial charge in [-0.15, -0.1) is 0 Å². The van der Waals surface area contributed by atoms with Crippen molar-refractivity contribution < 1.29 is 65.6 Å². The Labute approximate surface area is 128 Å². The van der Waals surface area contributed by atoms with Gasteiger partial charge in [0.2, 0.25) is 0 Å². The van der Waals surface area contributed by atoms with Gasteiger partial charge >= 0.3 is 72.5 Å². The van der Waals surface area contributed by atoms with Crippen LogP contribution in [0.3, 0.4) is 0 Å². The normalized spacial score (nSPS) is 7.93. The summed E-state index contributed by atoms with van der Waals surface area (Å²) in [6, 6.07) is 6.46. The molecule has 1 rings (SSSR count). The van der Waals surface area contributed by atoms with E-state index < -0.39 is 5.97 Å². The van der Waals surface area contributed by atoms with Crippen LogP contribution in [0.1, 0.15) is 17.3 Å². The van der Waals surface area contributed by atoms with Crippen LogP contribution in [0.25, 0.3) is 0 Å². The molecule has 0 saturated carbocycles. The summed E-state index contributed by atoms with van der Waals surface area (Å²) in [7, 11) is 0.